The molecular weight excluding hydrogens is 460 g/mol. The molecule has 1 aliphatic heterocycles. The molecule has 4 aromatic rings. The van der Waals surface area contributed by atoms with Crippen LogP contribution in [0.3, 0.4) is 0 Å². The van der Waals surface area contributed by atoms with Gasteiger partial charge in [-0.05, 0) is 35.2 Å². The minimum Gasteiger partial charge on any atom is -0.452 e. The van der Waals surface area contributed by atoms with Gasteiger partial charge in [0.15, 0.2) is 6.61 Å². The minimum atomic E-state index is -0.602. The Bertz CT molecular complexity index is 1380. The van der Waals surface area contributed by atoms with E-state index in [1.807, 2.05) is 84.4 Å². The minimum absolute atomic E-state index is 0.353. The molecule has 1 amide bonds. The van der Waals surface area contributed by atoms with E-state index in [9.17, 15) is 9.59 Å². The number of hydrogen-bond acceptors (Lipinski definition) is 6. The molecule has 0 N–H and O–H groups in total. The number of nitrogens with zero attached hydrogens (tertiary/aromatic N) is 4. The first kappa shape index (κ1) is 22.5. The van der Waals surface area contributed by atoms with Crippen LogP contribution in [0.4, 0.5) is 0 Å². The van der Waals surface area contributed by atoms with Crippen molar-refractivity contribution in [3.8, 4) is 16.3 Å². The molecule has 0 spiro atoms. The Morgan fingerprint density at radius 3 is 2.51 bits per heavy atom. The summed E-state index contributed by atoms with van der Waals surface area (Å²) >= 11 is 1.57. The molecule has 0 radical (unpaired) electrons. The summed E-state index contributed by atoms with van der Waals surface area (Å²) in [6.45, 7) is 0.106. The van der Waals surface area contributed by atoms with Crippen LogP contribution < -0.4 is 0 Å². The second-order valence-corrected chi connectivity index (χ2v) is 8.76. The molecule has 0 fully saturated rings. The zero-order valence-corrected chi connectivity index (χ0v) is 19.6. The van der Waals surface area contributed by atoms with Crippen LogP contribution in [0, 0.1) is 0 Å². The smallest absolute Gasteiger partial charge is 0.331 e. The maximum atomic E-state index is 12.5. The van der Waals surface area contributed by atoms with Gasteiger partial charge in [-0.15, -0.1) is 11.3 Å². The van der Waals surface area contributed by atoms with Crippen molar-refractivity contribution < 1.29 is 14.3 Å². The van der Waals surface area contributed by atoms with Crippen molar-refractivity contribution in [1.29, 1.82) is 0 Å². The van der Waals surface area contributed by atoms with Gasteiger partial charge >= 0.3 is 5.97 Å². The third kappa shape index (κ3) is 5.28. The van der Waals surface area contributed by atoms with E-state index in [4.69, 9.17) is 9.84 Å². The van der Waals surface area contributed by atoms with Crippen molar-refractivity contribution in [2.75, 3.05) is 13.2 Å². The van der Waals surface area contributed by atoms with Gasteiger partial charge in [0.1, 0.15) is 5.69 Å². The number of carbonyl (C=O) groups is 2. The standard InChI is InChI=1S/C27H22N4O3S/c32-25(30-16-15-23(28-30)20-8-3-1-4-9-20)19-34-26(33)14-13-21-18-31(22-10-5-2-6-11-22)29-27(21)24-12-7-17-35-24/h1-14,17-18H,15-16,19H2/b14-13+. The van der Waals surface area contributed by atoms with Crippen molar-refractivity contribution >= 4 is 35.0 Å². The van der Waals surface area contributed by atoms with Crippen LogP contribution in [-0.4, -0.2) is 45.5 Å². The van der Waals surface area contributed by atoms with Gasteiger partial charge in [-0.1, -0.05) is 54.6 Å². The Morgan fingerprint density at radius 2 is 1.77 bits per heavy atom. The molecular formula is C27H22N4O3S. The number of aromatic nitrogens is 2. The second kappa shape index (κ2) is 10.3. The van der Waals surface area contributed by atoms with Crippen LogP contribution in [0.25, 0.3) is 22.3 Å². The Balaban J connectivity index is 1.24. The maximum Gasteiger partial charge on any atom is 0.331 e. The zero-order chi connectivity index (χ0) is 24.0. The van der Waals surface area contributed by atoms with Crippen LogP contribution in [-0.2, 0) is 14.3 Å². The van der Waals surface area contributed by atoms with Crippen LogP contribution >= 0.6 is 11.3 Å². The zero-order valence-electron chi connectivity index (χ0n) is 18.8. The highest BCUT2D eigenvalue weighted by atomic mass is 32.1. The normalized spacial score (nSPS) is 13.3. The predicted molar refractivity (Wildman–Crippen MR) is 136 cm³/mol. The number of para-hydroxylation sites is 1. The summed E-state index contributed by atoms with van der Waals surface area (Å²) in [5, 5.41) is 12.4. The summed E-state index contributed by atoms with van der Waals surface area (Å²) in [5.74, 6) is -0.955. The number of thiophene rings is 1. The lowest BCUT2D eigenvalue weighted by atomic mass is 10.1. The Labute approximate surface area is 206 Å². The number of esters is 1. The average molecular weight is 483 g/mol. The number of hydrogen-bond donors (Lipinski definition) is 0. The Hall–Kier alpha value is -4.30. The van der Waals surface area contributed by atoms with E-state index in [0.717, 1.165) is 33.1 Å². The molecule has 0 unspecified atom stereocenters. The van der Waals surface area contributed by atoms with Crippen molar-refractivity contribution in [2.24, 2.45) is 5.10 Å². The molecule has 8 heteroatoms. The van der Waals surface area contributed by atoms with Crippen molar-refractivity contribution in [2.45, 2.75) is 6.42 Å². The van der Waals surface area contributed by atoms with E-state index >= 15 is 0 Å². The maximum absolute atomic E-state index is 12.5. The average Bonchev–Trinajstić information content (AvgIpc) is 3.67. The summed E-state index contributed by atoms with van der Waals surface area (Å²) in [6.07, 6.45) is 5.51. The summed E-state index contributed by atoms with van der Waals surface area (Å²) in [6, 6.07) is 23.4. The fourth-order valence-electron chi connectivity index (χ4n) is 3.71. The second-order valence-electron chi connectivity index (χ2n) is 7.81. The number of rotatable bonds is 7. The lowest BCUT2D eigenvalue weighted by Crippen LogP contribution is -2.28. The molecule has 0 saturated heterocycles. The van der Waals surface area contributed by atoms with E-state index in [2.05, 4.69) is 5.10 Å². The summed E-state index contributed by atoms with van der Waals surface area (Å²) in [4.78, 5) is 25.8. The molecule has 3 heterocycles. The van der Waals surface area contributed by atoms with Gasteiger partial charge in [0.25, 0.3) is 5.91 Å². The number of carbonyl (C=O) groups excluding carboxylic acids is 2. The number of hydrazone groups is 1. The van der Waals surface area contributed by atoms with Gasteiger partial charge in [-0.25, -0.2) is 14.5 Å². The topological polar surface area (TPSA) is 76.8 Å². The first-order valence-electron chi connectivity index (χ1n) is 11.1. The quantitative estimate of drug-likeness (QED) is 0.280. The lowest BCUT2D eigenvalue weighted by Gasteiger charge is -2.10. The third-order valence-electron chi connectivity index (χ3n) is 5.45. The first-order chi connectivity index (χ1) is 17.2. The number of amides is 1. The van der Waals surface area contributed by atoms with Crippen LogP contribution in [0.5, 0.6) is 0 Å². The molecule has 35 heavy (non-hydrogen) atoms. The van der Waals surface area contributed by atoms with Crippen LogP contribution in [0.2, 0.25) is 0 Å². The van der Waals surface area contributed by atoms with E-state index in [1.165, 1.54) is 11.1 Å². The molecule has 0 atom stereocenters. The fraction of sp³-hybridized carbons (Fsp3) is 0.111. The molecule has 0 bridgehead atoms. The van der Waals surface area contributed by atoms with Crippen molar-refractivity contribution in [3.05, 3.63) is 102 Å². The summed E-state index contributed by atoms with van der Waals surface area (Å²) in [7, 11) is 0. The molecule has 0 saturated carbocycles. The highest BCUT2D eigenvalue weighted by Gasteiger charge is 2.22. The van der Waals surface area contributed by atoms with Gasteiger partial charge in [-0.2, -0.15) is 10.2 Å². The third-order valence-corrected chi connectivity index (χ3v) is 6.33. The largest absolute Gasteiger partial charge is 0.452 e. The lowest BCUT2D eigenvalue weighted by molar-refractivity contribution is -0.147. The van der Waals surface area contributed by atoms with Gasteiger partial charge in [0.2, 0.25) is 0 Å². The van der Waals surface area contributed by atoms with E-state index in [0.29, 0.717) is 13.0 Å². The highest BCUT2D eigenvalue weighted by molar-refractivity contribution is 7.13. The summed E-state index contributed by atoms with van der Waals surface area (Å²) in [5.41, 5.74) is 4.29. The molecule has 0 aliphatic carbocycles. The molecule has 7 nitrogen and oxygen atoms in total. The van der Waals surface area contributed by atoms with Gasteiger partial charge in [-0.3, -0.25) is 4.79 Å². The molecule has 174 valence electrons. The SMILES string of the molecule is O=C(/C=C/c1cn(-c2ccccc2)nc1-c1cccs1)OCC(=O)N1CCC(c2ccccc2)=N1. The highest BCUT2D eigenvalue weighted by Crippen LogP contribution is 2.28. The number of benzene rings is 2. The van der Waals surface area contributed by atoms with Crippen molar-refractivity contribution in [1.82, 2.24) is 14.8 Å². The predicted octanol–water partition coefficient (Wildman–Crippen LogP) is 4.79. The first-order valence-corrected chi connectivity index (χ1v) is 12.0. The van der Waals surface area contributed by atoms with E-state index in [-0.39, 0.29) is 12.5 Å². The van der Waals surface area contributed by atoms with Crippen LogP contribution in [0.1, 0.15) is 17.5 Å². The Morgan fingerprint density at radius 1 is 1.00 bits per heavy atom. The molecule has 2 aromatic carbocycles. The number of ether oxygens (including phenoxy) is 1. The fourth-order valence-corrected chi connectivity index (χ4v) is 4.44. The molecule has 5 rings (SSSR count). The summed E-state index contributed by atoms with van der Waals surface area (Å²) < 4.78 is 6.97. The van der Waals surface area contributed by atoms with Gasteiger partial charge < -0.3 is 4.74 Å². The molecule has 2 aromatic heterocycles. The monoisotopic (exact) mass is 482 g/mol. The van der Waals surface area contributed by atoms with Gasteiger partial charge in [0.05, 0.1) is 22.8 Å². The van der Waals surface area contributed by atoms with Crippen molar-refractivity contribution in [3.63, 3.8) is 0 Å². The molecule has 1 aliphatic rings. The van der Waals surface area contributed by atoms with Crippen LogP contribution in [0.15, 0.2) is 95.6 Å². The Kier molecular flexibility index (Phi) is 6.63. The van der Waals surface area contributed by atoms with E-state index < -0.39 is 5.97 Å². The van der Waals surface area contributed by atoms with E-state index in [1.54, 1.807) is 22.1 Å². The van der Waals surface area contributed by atoms with Gasteiger partial charge in [0, 0.05) is 24.3 Å².